The summed E-state index contributed by atoms with van der Waals surface area (Å²) < 4.78 is 0. The Morgan fingerprint density at radius 1 is 1.31 bits per heavy atom. The van der Waals surface area contributed by atoms with Crippen LogP contribution in [0, 0.1) is 11.8 Å². The number of carbonyl (C=O) groups excluding carboxylic acids is 1. The van der Waals surface area contributed by atoms with E-state index in [1.807, 2.05) is 0 Å². The average molecular weight is 247 g/mol. The monoisotopic (exact) mass is 246 g/mol. The van der Waals surface area contributed by atoms with Crippen LogP contribution in [-0.4, -0.2) is 24.5 Å². The fourth-order valence-electron chi connectivity index (χ4n) is 2.33. The van der Waals surface area contributed by atoms with Crippen LogP contribution in [0.5, 0.6) is 0 Å². The summed E-state index contributed by atoms with van der Waals surface area (Å²) in [5, 5.41) is 5.74. The summed E-state index contributed by atoms with van der Waals surface area (Å²) in [4.78, 5) is 11.4. The lowest BCUT2D eigenvalue weighted by Gasteiger charge is -2.31. The first kappa shape index (κ1) is 13.6. The molecule has 0 radical (unpaired) electrons. The highest BCUT2D eigenvalue weighted by atomic mass is 35.5. The number of hydrogen-bond acceptors (Lipinski definition) is 1. The summed E-state index contributed by atoms with van der Waals surface area (Å²) in [6.07, 6.45) is 4.69. The van der Waals surface area contributed by atoms with Gasteiger partial charge in [-0.15, -0.1) is 11.6 Å². The minimum Gasteiger partial charge on any atom is -0.337 e. The quantitative estimate of drug-likeness (QED) is 0.736. The van der Waals surface area contributed by atoms with E-state index in [9.17, 15) is 4.79 Å². The number of urea groups is 1. The Labute approximate surface area is 103 Å². The van der Waals surface area contributed by atoms with E-state index in [0.717, 1.165) is 24.7 Å². The molecule has 1 aliphatic rings. The van der Waals surface area contributed by atoms with Gasteiger partial charge in [-0.1, -0.05) is 13.8 Å². The van der Waals surface area contributed by atoms with Crippen LogP contribution in [0.25, 0.3) is 0 Å². The van der Waals surface area contributed by atoms with Gasteiger partial charge in [0.1, 0.15) is 0 Å². The van der Waals surface area contributed by atoms with Gasteiger partial charge in [-0.25, -0.2) is 4.79 Å². The van der Waals surface area contributed by atoms with Crippen LogP contribution in [0.2, 0.25) is 0 Å². The van der Waals surface area contributed by atoms with Gasteiger partial charge in [0.2, 0.25) is 0 Å². The number of hydrogen-bond donors (Lipinski definition) is 2. The van der Waals surface area contributed by atoms with Crippen molar-refractivity contribution >= 4 is 17.6 Å². The zero-order valence-electron chi connectivity index (χ0n) is 10.3. The van der Waals surface area contributed by atoms with Crippen molar-refractivity contribution in [2.75, 3.05) is 12.4 Å². The highest BCUT2D eigenvalue weighted by molar-refractivity contribution is 6.18. The molecule has 0 aromatic heterocycles. The van der Waals surface area contributed by atoms with Crippen molar-refractivity contribution < 1.29 is 4.79 Å². The molecule has 4 heteroatoms. The number of halogens is 1. The Morgan fingerprint density at radius 3 is 2.44 bits per heavy atom. The van der Waals surface area contributed by atoms with Crippen LogP contribution >= 0.6 is 11.6 Å². The van der Waals surface area contributed by atoms with E-state index in [1.165, 1.54) is 12.8 Å². The number of carbonyl (C=O) groups is 1. The number of alkyl halides is 1. The van der Waals surface area contributed by atoms with Crippen LogP contribution < -0.4 is 10.6 Å². The van der Waals surface area contributed by atoms with E-state index in [0.29, 0.717) is 18.5 Å². The molecule has 1 aliphatic carbocycles. The molecule has 1 fully saturated rings. The van der Waals surface area contributed by atoms with Crippen LogP contribution in [-0.2, 0) is 0 Å². The molecule has 2 amide bonds. The molecular weight excluding hydrogens is 224 g/mol. The zero-order chi connectivity index (χ0) is 12.0. The van der Waals surface area contributed by atoms with Gasteiger partial charge in [0.15, 0.2) is 0 Å². The maximum absolute atomic E-state index is 11.4. The molecule has 0 bridgehead atoms. The molecule has 0 atom stereocenters. The van der Waals surface area contributed by atoms with Crippen molar-refractivity contribution in [2.24, 2.45) is 11.8 Å². The molecule has 0 spiro atoms. The van der Waals surface area contributed by atoms with Crippen LogP contribution in [0.3, 0.4) is 0 Å². The van der Waals surface area contributed by atoms with Gasteiger partial charge in [0.05, 0.1) is 0 Å². The third-order valence-electron chi connectivity index (χ3n) is 3.43. The molecule has 0 unspecified atom stereocenters. The number of rotatable bonds is 4. The first-order valence-electron chi connectivity index (χ1n) is 6.23. The molecule has 1 saturated carbocycles. The van der Waals surface area contributed by atoms with Gasteiger partial charge in [-0.2, -0.15) is 0 Å². The molecule has 2 N–H and O–H groups in total. The maximum Gasteiger partial charge on any atom is 0.315 e. The molecule has 3 nitrogen and oxygen atoms in total. The minimum atomic E-state index is -0.0753. The van der Waals surface area contributed by atoms with Crippen LogP contribution in [0.15, 0.2) is 0 Å². The lowest BCUT2D eigenvalue weighted by Crippen LogP contribution is -2.44. The average Bonchev–Trinajstić information content (AvgIpc) is 2.27. The molecule has 0 aliphatic heterocycles. The lowest BCUT2D eigenvalue weighted by atomic mass is 9.80. The molecular formula is C12H23ClN2O. The molecule has 16 heavy (non-hydrogen) atoms. The van der Waals surface area contributed by atoms with Gasteiger partial charge >= 0.3 is 6.03 Å². The van der Waals surface area contributed by atoms with Gasteiger partial charge in [0, 0.05) is 18.5 Å². The van der Waals surface area contributed by atoms with Crippen LogP contribution in [0.1, 0.15) is 39.5 Å². The first-order chi connectivity index (χ1) is 7.63. The lowest BCUT2D eigenvalue weighted by molar-refractivity contribution is 0.216. The van der Waals surface area contributed by atoms with Crippen LogP contribution in [0.4, 0.5) is 4.79 Å². The molecule has 94 valence electrons. The van der Waals surface area contributed by atoms with E-state index in [2.05, 4.69) is 24.5 Å². The second-order valence-corrected chi connectivity index (χ2v) is 5.32. The van der Waals surface area contributed by atoms with Crippen molar-refractivity contribution in [1.82, 2.24) is 10.6 Å². The summed E-state index contributed by atoms with van der Waals surface area (Å²) in [5.41, 5.74) is 0. The van der Waals surface area contributed by atoms with E-state index in [-0.39, 0.29) is 6.03 Å². The van der Waals surface area contributed by atoms with Crippen molar-refractivity contribution in [2.45, 2.75) is 45.6 Å². The number of amides is 2. The van der Waals surface area contributed by atoms with E-state index < -0.39 is 0 Å². The predicted molar refractivity (Wildman–Crippen MR) is 67.8 cm³/mol. The van der Waals surface area contributed by atoms with E-state index in [4.69, 9.17) is 11.6 Å². The molecule has 0 heterocycles. The zero-order valence-corrected chi connectivity index (χ0v) is 11.0. The Hall–Kier alpha value is -0.440. The van der Waals surface area contributed by atoms with Gasteiger partial charge in [-0.3, -0.25) is 0 Å². The second kappa shape index (κ2) is 7.00. The first-order valence-corrected chi connectivity index (χ1v) is 6.77. The Balaban J connectivity index is 2.19. The SMILES string of the molecule is CC(C)C1CCC(NC(=O)NCCCl)CC1. The molecule has 0 aromatic rings. The van der Waals surface area contributed by atoms with Gasteiger partial charge < -0.3 is 10.6 Å². The van der Waals surface area contributed by atoms with Gasteiger partial charge in [-0.05, 0) is 37.5 Å². The largest absolute Gasteiger partial charge is 0.337 e. The number of nitrogens with one attached hydrogen (secondary N) is 2. The topological polar surface area (TPSA) is 41.1 Å². The van der Waals surface area contributed by atoms with Crippen molar-refractivity contribution in [3.63, 3.8) is 0 Å². The fourth-order valence-corrected chi connectivity index (χ4v) is 2.42. The highest BCUT2D eigenvalue weighted by Crippen LogP contribution is 2.29. The standard InChI is InChI=1S/C12H23ClN2O/c1-9(2)10-3-5-11(6-4-10)15-12(16)14-8-7-13/h9-11H,3-8H2,1-2H3,(H2,14,15,16). The fraction of sp³-hybridized carbons (Fsp3) is 0.917. The van der Waals surface area contributed by atoms with Crippen molar-refractivity contribution in [1.29, 1.82) is 0 Å². The predicted octanol–water partition coefficient (Wildman–Crippen LogP) is 2.74. The van der Waals surface area contributed by atoms with E-state index in [1.54, 1.807) is 0 Å². The third kappa shape index (κ3) is 4.60. The molecule has 0 aromatic carbocycles. The Bertz CT molecular complexity index is 213. The summed E-state index contributed by atoms with van der Waals surface area (Å²) in [6, 6.07) is 0.277. The van der Waals surface area contributed by atoms with Gasteiger partial charge in [0.25, 0.3) is 0 Å². The Kier molecular flexibility index (Phi) is 5.96. The second-order valence-electron chi connectivity index (χ2n) is 4.94. The van der Waals surface area contributed by atoms with Crippen molar-refractivity contribution in [3.05, 3.63) is 0 Å². The summed E-state index contributed by atoms with van der Waals surface area (Å²) >= 11 is 5.50. The van der Waals surface area contributed by atoms with E-state index >= 15 is 0 Å². The molecule has 1 rings (SSSR count). The normalized spacial score (nSPS) is 25.5. The summed E-state index contributed by atoms with van der Waals surface area (Å²) in [6.45, 7) is 5.10. The third-order valence-corrected chi connectivity index (χ3v) is 3.62. The Morgan fingerprint density at radius 2 is 1.94 bits per heavy atom. The molecule has 0 saturated heterocycles. The minimum absolute atomic E-state index is 0.0753. The summed E-state index contributed by atoms with van der Waals surface area (Å²) in [5.74, 6) is 2.07. The smallest absolute Gasteiger partial charge is 0.315 e. The maximum atomic E-state index is 11.4. The summed E-state index contributed by atoms with van der Waals surface area (Å²) in [7, 11) is 0. The highest BCUT2D eigenvalue weighted by Gasteiger charge is 2.23. The van der Waals surface area contributed by atoms with Crippen molar-refractivity contribution in [3.8, 4) is 0 Å².